The predicted octanol–water partition coefficient (Wildman–Crippen LogP) is 1.46. The molecule has 1 saturated heterocycles. The van der Waals surface area contributed by atoms with Crippen LogP contribution in [0.5, 0.6) is 0 Å². The first-order valence-corrected chi connectivity index (χ1v) is 11.4. The molecular weight excluding hydrogens is 376 g/mol. The molecule has 0 bridgehead atoms. The topological polar surface area (TPSA) is 76.5 Å². The minimum Gasteiger partial charge on any atom is -0.379 e. The molecule has 0 saturated carbocycles. The molecule has 2 heterocycles. The van der Waals surface area contributed by atoms with Gasteiger partial charge in [0.1, 0.15) is 5.03 Å². The van der Waals surface area contributed by atoms with Crippen molar-refractivity contribution in [1.29, 1.82) is 0 Å². The molecule has 1 fully saturated rings. The van der Waals surface area contributed by atoms with E-state index >= 15 is 0 Å². The van der Waals surface area contributed by atoms with Crippen molar-refractivity contribution >= 4 is 17.7 Å². The third-order valence-corrected chi connectivity index (χ3v) is 6.22. The number of ether oxygens (including phenoxy) is 1. The number of hydrogen-bond acceptors (Lipinski definition) is 6. The summed E-state index contributed by atoms with van der Waals surface area (Å²) in [6, 6.07) is 0.120. The number of rotatable bonds is 8. The van der Waals surface area contributed by atoms with Crippen molar-refractivity contribution in [2.24, 2.45) is 0 Å². The average molecular weight is 409 g/mol. The minimum absolute atomic E-state index is 0.0129. The summed E-state index contributed by atoms with van der Waals surface area (Å²) in [4.78, 5) is 31.5. The first kappa shape index (κ1) is 21.3. The van der Waals surface area contributed by atoms with E-state index in [9.17, 15) is 9.59 Å². The molecule has 0 spiro atoms. The maximum absolute atomic E-state index is 12.7. The van der Waals surface area contributed by atoms with Crippen LogP contribution in [0, 0.1) is 0 Å². The molecule has 1 aliphatic carbocycles. The summed E-state index contributed by atoms with van der Waals surface area (Å²) in [5, 5.41) is 3.65. The Labute approximate surface area is 171 Å². The lowest BCUT2D eigenvalue weighted by molar-refractivity contribution is -0.119. The molecule has 156 valence electrons. The largest absolute Gasteiger partial charge is 0.379 e. The first-order valence-electron chi connectivity index (χ1n) is 10.4. The Bertz CT molecular complexity index is 729. The smallest absolute Gasteiger partial charge is 0.348 e. The van der Waals surface area contributed by atoms with Gasteiger partial charge in [-0.25, -0.2) is 4.79 Å². The van der Waals surface area contributed by atoms with E-state index in [-0.39, 0.29) is 17.6 Å². The molecule has 1 aliphatic heterocycles. The molecule has 8 heteroatoms. The van der Waals surface area contributed by atoms with Crippen LogP contribution in [0.1, 0.15) is 44.4 Å². The van der Waals surface area contributed by atoms with Crippen molar-refractivity contribution in [1.82, 2.24) is 19.8 Å². The second-order valence-electron chi connectivity index (χ2n) is 7.80. The Kier molecular flexibility index (Phi) is 7.93. The zero-order valence-electron chi connectivity index (χ0n) is 17.0. The number of nitrogens with zero attached hydrogens (tertiary/aromatic N) is 3. The van der Waals surface area contributed by atoms with Crippen LogP contribution in [0.4, 0.5) is 0 Å². The third kappa shape index (κ3) is 5.81. The molecule has 1 aromatic rings. The molecule has 1 N–H and O–H groups in total. The quantitative estimate of drug-likeness (QED) is 0.518. The highest BCUT2D eigenvalue weighted by Crippen LogP contribution is 2.28. The summed E-state index contributed by atoms with van der Waals surface area (Å²) in [5.41, 5.74) is 2.15. The predicted molar refractivity (Wildman–Crippen MR) is 111 cm³/mol. The van der Waals surface area contributed by atoms with E-state index in [1.807, 2.05) is 18.4 Å². The van der Waals surface area contributed by atoms with Gasteiger partial charge in [0.25, 0.3) is 0 Å². The van der Waals surface area contributed by atoms with Crippen LogP contribution in [0.2, 0.25) is 0 Å². The maximum Gasteiger partial charge on any atom is 0.348 e. The van der Waals surface area contributed by atoms with Crippen molar-refractivity contribution in [3.05, 3.63) is 21.7 Å². The highest BCUT2D eigenvalue weighted by Gasteiger charge is 2.21. The highest BCUT2D eigenvalue weighted by atomic mass is 32.2. The first-order chi connectivity index (χ1) is 13.5. The Balaban J connectivity index is 1.67. The van der Waals surface area contributed by atoms with Gasteiger partial charge in [-0.15, -0.1) is 0 Å². The van der Waals surface area contributed by atoms with Gasteiger partial charge >= 0.3 is 5.69 Å². The number of carbonyl (C=O) groups excluding carboxylic acids is 1. The lowest BCUT2D eigenvalue weighted by Gasteiger charge is -2.27. The molecular formula is C20H32N4O3S. The van der Waals surface area contributed by atoms with Crippen LogP contribution in [0.3, 0.4) is 0 Å². The van der Waals surface area contributed by atoms with Gasteiger partial charge < -0.3 is 10.1 Å². The van der Waals surface area contributed by atoms with Crippen LogP contribution in [0.25, 0.3) is 0 Å². The zero-order valence-corrected chi connectivity index (χ0v) is 17.9. The van der Waals surface area contributed by atoms with Crippen molar-refractivity contribution < 1.29 is 9.53 Å². The molecule has 3 rings (SSSR count). The van der Waals surface area contributed by atoms with Gasteiger partial charge in [-0.3, -0.25) is 14.3 Å². The van der Waals surface area contributed by atoms with Crippen LogP contribution in [0.15, 0.2) is 9.82 Å². The number of carbonyl (C=O) groups is 1. The summed E-state index contributed by atoms with van der Waals surface area (Å²) in [6.45, 7) is 9.13. The minimum atomic E-state index is -0.172. The monoisotopic (exact) mass is 408 g/mol. The number of amides is 1. The van der Waals surface area contributed by atoms with Gasteiger partial charge in [-0.2, -0.15) is 4.98 Å². The van der Waals surface area contributed by atoms with Crippen LogP contribution in [-0.4, -0.2) is 65.0 Å². The number of thioether (sulfide) groups is 1. The summed E-state index contributed by atoms with van der Waals surface area (Å²) in [6.07, 6.45) is 5.04. The number of morpholine rings is 1. The normalized spacial score (nSPS) is 17.5. The highest BCUT2D eigenvalue weighted by molar-refractivity contribution is 7.99. The van der Waals surface area contributed by atoms with E-state index in [0.29, 0.717) is 12.3 Å². The average Bonchev–Trinajstić information content (AvgIpc) is 2.68. The maximum atomic E-state index is 12.7. The van der Waals surface area contributed by atoms with E-state index in [0.717, 1.165) is 75.7 Å². The van der Waals surface area contributed by atoms with Gasteiger partial charge in [-0.1, -0.05) is 11.8 Å². The number of hydrogen-bond donors (Lipinski definition) is 1. The standard InChI is InChI=1S/C20H32N4O3S/c1-15(2)21-18(25)14-28-19-16-6-3-4-7-17(16)24(20(26)22-19)9-5-8-23-10-12-27-13-11-23/h15H,3-14H2,1-2H3,(H,21,25). The van der Waals surface area contributed by atoms with Gasteiger partial charge in [0.15, 0.2) is 0 Å². The molecule has 0 radical (unpaired) electrons. The molecule has 1 amide bonds. The molecule has 0 atom stereocenters. The number of aromatic nitrogens is 2. The Morgan fingerprint density at radius 2 is 1.96 bits per heavy atom. The lowest BCUT2D eigenvalue weighted by atomic mass is 9.97. The molecule has 28 heavy (non-hydrogen) atoms. The molecule has 0 unspecified atom stereocenters. The van der Waals surface area contributed by atoms with Crippen molar-refractivity contribution in [2.75, 3.05) is 38.6 Å². The third-order valence-electron chi connectivity index (χ3n) is 5.20. The van der Waals surface area contributed by atoms with Crippen molar-refractivity contribution in [2.45, 2.75) is 63.6 Å². The molecule has 1 aromatic heterocycles. The number of fused-ring (bicyclic) bond motifs is 1. The fraction of sp³-hybridized carbons (Fsp3) is 0.750. The fourth-order valence-electron chi connectivity index (χ4n) is 3.87. The van der Waals surface area contributed by atoms with E-state index in [1.165, 1.54) is 17.3 Å². The Hall–Kier alpha value is -1.38. The van der Waals surface area contributed by atoms with Gasteiger partial charge in [0.2, 0.25) is 5.91 Å². The summed E-state index contributed by atoms with van der Waals surface area (Å²) in [7, 11) is 0. The van der Waals surface area contributed by atoms with Gasteiger partial charge in [0, 0.05) is 43.5 Å². The second-order valence-corrected chi connectivity index (χ2v) is 8.77. The van der Waals surface area contributed by atoms with Crippen LogP contribution >= 0.6 is 11.8 Å². The van der Waals surface area contributed by atoms with Gasteiger partial charge in [-0.05, 0) is 46.0 Å². The van der Waals surface area contributed by atoms with Crippen LogP contribution in [-0.2, 0) is 28.9 Å². The lowest BCUT2D eigenvalue weighted by Crippen LogP contribution is -2.38. The van der Waals surface area contributed by atoms with E-state index in [1.54, 1.807) is 0 Å². The molecule has 7 nitrogen and oxygen atoms in total. The number of nitrogens with one attached hydrogen (secondary N) is 1. The zero-order chi connectivity index (χ0) is 19.9. The van der Waals surface area contributed by atoms with Crippen molar-refractivity contribution in [3.63, 3.8) is 0 Å². The molecule has 0 aromatic carbocycles. The Morgan fingerprint density at radius 3 is 2.71 bits per heavy atom. The van der Waals surface area contributed by atoms with Crippen LogP contribution < -0.4 is 11.0 Å². The fourth-order valence-corrected chi connectivity index (χ4v) is 4.76. The van der Waals surface area contributed by atoms with Gasteiger partial charge in [0.05, 0.1) is 19.0 Å². The Morgan fingerprint density at radius 1 is 1.21 bits per heavy atom. The SMILES string of the molecule is CC(C)NC(=O)CSc1nc(=O)n(CCCN2CCOCC2)c2c1CCCC2. The summed E-state index contributed by atoms with van der Waals surface area (Å²) >= 11 is 1.40. The van der Waals surface area contributed by atoms with E-state index < -0.39 is 0 Å². The molecule has 2 aliphatic rings. The second kappa shape index (κ2) is 10.4. The van der Waals surface area contributed by atoms with E-state index in [4.69, 9.17) is 4.74 Å². The van der Waals surface area contributed by atoms with E-state index in [2.05, 4.69) is 15.2 Å². The van der Waals surface area contributed by atoms with Crippen molar-refractivity contribution in [3.8, 4) is 0 Å². The summed E-state index contributed by atoms with van der Waals surface area (Å²) < 4.78 is 7.28. The summed E-state index contributed by atoms with van der Waals surface area (Å²) in [5.74, 6) is 0.291.